The third kappa shape index (κ3) is 5.06. The van der Waals surface area contributed by atoms with E-state index in [-0.39, 0.29) is 16.0 Å². The third-order valence-electron chi connectivity index (χ3n) is 4.23. The molecule has 140 valence electrons. The van der Waals surface area contributed by atoms with Gasteiger partial charge in [0.1, 0.15) is 4.90 Å². The lowest BCUT2D eigenvalue weighted by Crippen LogP contribution is -2.43. The van der Waals surface area contributed by atoms with E-state index in [2.05, 4.69) is 25.6 Å². The molecule has 1 N–H and O–H groups in total. The molecule has 2 aromatic carbocycles. The lowest BCUT2D eigenvalue weighted by Gasteiger charge is -2.31. The number of nitrogens with one attached hydrogen (secondary N) is 1. The van der Waals surface area contributed by atoms with E-state index in [1.165, 1.54) is 6.07 Å². The number of sulfonamides is 1. The molecule has 8 heteroatoms. The van der Waals surface area contributed by atoms with E-state index >= 15 is 0 Å². The summed E-state index contributed by atoms with van der Waals surface area (Å²) in [6.07, 6.45) is 0. The van der Waals surface area contributed by atoms with Crippen molar-refractivity contribution >= 4 is 37.6 Å². The van der Waals surface area contributed by atoms with E-state index in [9.17, 15) is 8.42 Å². The Balaban J connectivity index is 1.86. The fourth-order valence-electron chi connectivity index (χ4n) is 2.88. The zero-order chi connectivity index (χ0) is 18.6. The largest absolute Gasteiger partial charge is 0.379 e. The molecule has 0 radical (unpaired) electrons. The van der Waals surface area contributed by atoms with Crippen molar-refractivity contribution in [2.75, 3.05) is 32.8 Å². The Morgan fingerprint density at radius 1 is 1.15 bits per heavy atom. The summed E-state index contributed by atoms with van der Waals surface area (Å²) in [6.45, 7) is 3.45. The standard InChI is InChI=1S/C18H20BrClN2O3S/c19-15-6-7-18(16(20)12-15)26(23,24)21-17(14-4-2-1-3-5-14)13-22-8-10-25-11-9-22/h1-7,12,17,21H,8-11,13H2/t17-/m0/s1. The van der Waals surface area contributed by atoms with Crippen LogP contribution in [0.4, 0.5) is 0 Å². The Morgan fingerprint density at radius 3 is 2.50 bits per heavy atom. The van der Waals surface area contributed by atoms with Gasteiger partial charge in [0.15, 0.2) is 0 Å². The number of hydrogen-bond acceptors (Lipinski definition) is 4. The minimum Gasteiger partial charge on any atom is -0.379 e. The van der Waals surface area contributed by atoms with Crippen molar-refractivity contribution in [3.63, 3.8) is 0 Å². The summed E-state index contributed by atoms with van der Waals surface area (Å²) >= 11 is 9.46. The molecular formula is C18H20BrClN2O3S. The van der Waals surface area contributed by atoms with Gasteiger partial charge in [0.25, 0.3) is 0 Å². The van der Waals surface area contributed by atoms with E-state index in [0.29, 0.717) is 19.8 Å². The second-order valence-electron chi connectivity index (χ2n) is 6.07. The van der Waals surface area contributed by atoms with Gasteiger partial charge in [0.05, 0.1) is 24.3 Å². The maximum Gasteiger partial charge on any atom is 0.242 e. The predicted molar refractivity (Wildman–Crippen MR) is 106 cm³/mol. The van der Waals surface area contributed by atoms with Gasteiger partial charge in [-0.2, -0.15) is 0 Å². The van der Waals surface area contributed by atoms with Gasteiger partial charge < -0.3 is 4.74 Å². The molecule has 1 heterocycles. The first kappa shape index (κ1) is 19.8. The molecule has 1 aliphatic heterocycles. The summed E-state index contributed by atoms with van der Waals surface area (Å²) in [5.74, 6) is 0. The van der Waals surface area contributed by atoms with Crippen LogP contribution in [-0.2, 0) is 14.8 Å². The number of nitrogens with zero attached hydrogens (tertiary/aromatic N) is 1. The number of benzene rings is 2. The molecule has 0 spiro atoms. The van der Waals surface area contributed by atoms with Crippen molar-refractivity contribution in [3.05, 3.63) is 63.6 Å². The summed E-state index contributed by atoms with van der Waals surface area (Å²) in [5, 5.41) is 0.185. The molecular weight excluding hydrogens is 440 g/mol. The zero-order valence-corrected chi connectivity index (χ0v) is 17.2. The molecule has 0 bridgehead atoms. The fourth-order valence-corrected chi connectivity index (χ4v) is 5.14. The molecule has 1 fully saturated rings. The summed E-state index contributed by atoms with van der Waals surface area (Å²) < 4.78 is 34.8. The number of ether oxygens (including phenoxy) is 1. The number of halogens is 2. The number of hydrogen-bond donors (Lipinski definition) is 1. The minimum atomic E-state index is -3.77. The van der Waals surface area contributed by atoms with Crippen LogP contribution in [0.2, 0.25) is 5.02 Å². The van der Waals surface area contributed by atoms with E-state index in [1.54, 1.807) is 12.1 Å². The van der Waals surface area contributed by atoms with E-state index in [4.69, 9.17) is 16.3 Å². The van der Waals surface area contributed by atoms with Crippen LogP contribution >= 0.6 is 27.5 Å². The Kier molecular flexibility index (Phi) is 6.71. The Labute approximate surface area is 167 Å². The SMILES string of the molecule is O=S(=O)(N[C@@H](CN1CCOCC1)c1ccccc1)c1ccc(Br)cc1Cl. The lowest BCUT2D eigenvalue weighted by atomic mass is 10.1. The van der Waals surface area contributed by atoms with Gasteiger partial charge in [-0.25, -0.2) is 13.1 Å². The average molecular weight is 460 g/mol. The van der Waals surface area contributed by atoms with Crippen LogP contribution < -0.4 is 4.72 Å². The highest BCUT2D eigenvalue weighted by Crippen LogP contribution is 2.27. The molecule has 1 atom stereocenters. The Bertz CT molecular complexity index is 843. The van der Waals surface area contributed by atoms with Crippen molar-refractivity contribution < 1.29 is 13.2 Å². The Hall–Kier alpha value is -0.960. The number of rotatable bonds is 6. The molecule has 3 rings (SSSR count). The van der Waals surface area contributed by atoms with Gasteiger partial charge in [0, 0.05) is 24.1 Å². The normalized spacial score (nSPS) is 17.2. The van der Waals surface area contributed by atoms with Crippen molar-refractivity contribution in [3.8, 4) is 0 Å². The van der Waals surface area contributed by atoms with Crippen LogP contribution in [0.1, 0.15) is 11.6 Å². The maximum absolute atomic E-state index is 12.9. The molecule has 0 unspecified atom stereocenters. The second-order valence-corrected chi connectivity index (χ2v) is 9.08. The summed E-state index contributed by atoms with van der Waals surface area (Å²) in [5.41, 5.74) is 0.913. The quantitative estimate of drug-likeness (QED) is 0.719. The first-order valence-electron chi connectivity index (χ1n) is 8.28. The van der Waals surface area contributed by atoms with Gasteiger partial charge >= 0.3 is 0 Å². The minimum absolute atomic E-state index is 0.0743. The monoisotopic (exact) mass is 458 g/mol. The van der Waals surface area contributed by atoms with Crippen LogP contribution in [0.3, 0.4) is 0 Å². The van der Waals surface area contributed by atoms with Crippen LogP contribution in [0.15, 0.2) is 57.9 Å². The molecule has 0 aliphatic carbocycles. The molecule has 2 aromatic rings. The highest BCUT2D eigenvalue weighted by molar-refractivity contribution is 9.10. The smallest absolute Gasteiger partial charge is 0.242 e. The van der Waals surface area contributed by atoms with Crippen LogP contribution in [0.25, 0.3) is 0 Å². The molecule has 0 amide bonds. The van der Waals surface area contributed by atoms with Gasteiger partial charge in [-0.05, 0) is 23.8 Å². The van der Waals surface area contributed by atoms with Gasteiger partial charge in [-0.1, -0.05) is 57.9 Å². The summed E-state index contributed by atoms with van der Waals surface area (Å²) in [6, 6.07) is 14.0. The molecule has 0 aromatic heterocycles. The van der Waals surface area contributed by atoms with Crippen LogP contribution in [0, 0.1) is 0 Å². The predicted octanol–water partition coefficient (Wildman–Crippen LogP) is 3.45. The summed E-state index contributed by atoms with van der Waals surface area (Å²) in [7, 11) is -3.77. The van der Waals surface area contributed by atoms with Crippen molar-refractivity contribution in [2.24, 2.45) is 0 Å². The molecule has 5 nitrogen and oxygen atoms in total. The maximum atomic E-state index is 12.9. The zero-order valence-electron chi connectivity index (χ0n) is 14.1. The average Bonchev–Trinajstić information content (AvgIpc) is 2.62. The van der Waals surface area contributed by atoms with E-state index in [1.807, 2.05) is 30.3 Å². The molecule has 26 heavy (non-hydrogen) atoms. The van der Waals surface area contributed by atoms with Gasteiger partial charge in [-0.3, -0.25) is 4.90 Å². The Morgan fingerprint density at radius 2 is 1.85 bits per heavy atom. The fraction of sp³-hybridized carbons (Fsp3) is 0.333. The molecule has 1 aliphatic rings. The topological polar surface area (TPSA) is 58.6 Å². The van der Waals surface area contributed by atoms with Crippen molar-refractivity contribution in [1.29, 1.82) is 0 Å². The highest BCUT2D eigenvalue weighted by Gasteiger charge is 2.26. The molecule has 1 saturated heterocycles. The van der Waals surface area contributed by atoms with E-state index < -0.39 is 10.0 Å². The van der Waals surface area contributed by atoms with Gasteiger partial charge in [-0.15, -0.1) is 0 Å². The third-order valence-corrected chi connectivity index (χ3v) is 6.68. The first-order chi connectivity index (χ1) is 12.5. The van der Waals surface area contributed by atoms with Crippen LogP contribution in [0.5, 0.6) is 0 Å². The second kappa shape index (κ2) is 8.82. The lowest BCUT2D eigenvalue weighted by molar-refractivity contribution is 0.0345. The van der Waals surface area contributed by atoms with Crippen molar-refractivity contribution in [2.45, 2.75) is 10.9 Å². The van der Waals surface area contributed by atoms with Crippen LogP contribution in [-0.4, -0.2) is 46.2 Å². The van der Waals surface area contributed by atoms with Gasteiger partial charge in [0.2, 0.25) is 10.0 Å². The number of morpholine rings is 1. The summed E-state index contributed by atoms with van der Waals surface area (Å²) in [4.78, 5) is 2.28. The highest BCUT2D eigenvalue weighted by atomic mass is 79.9. The first-order valence-corrected chi connectivity index (χ1v) is 10.9. The van der Waals surface area contributed by atoms with Crippen molar-refractivity contribution in [1.82, 2.24) is 9.62 Å². The van der Waals surface area contributed by atoms with E-state index in [0.717, 1.165) is 23.1 Å². The molecule has 0 saturated carbocycles.